The molecular weight excluding hydrogens is 278 g/mol. The number of nitro groups is 1. The van der Waals surface area contributed by atoms with Gasteiger partial charge in [0.1, 0.15) is 0 Å². The lowest BCUT2D eigenvalue weighted by atomic mass is 10.2. The molecule has 0 aliphatic carbocycles. The normalized spacial score (nSPS) is 10.8. The molecule has 0 N–H and O–H groups in total. The number of benzene rings is 2. The van der Waals surface area contributed by atoms with Gasteiger partial charge >= 0.3 is 0 Å². The molecule has 0 aliphatic heterocycles. The molecule has 114 valence electrons. The number of rotatable bonds is 6. The first kappa shape index (κ1) is 15.7. The summed E-state index contributed by atoms with van der Waals surface area (Å²) >= 11 is 0. The van der Waals surface area contributed by atoms with Crippen molar-refractivity contribution in [2.45, 2.75) is 13.8 Å². The van der Waals surface area contributed by atoms with Gasteiger partial charge in [-0.15, -0.1) is 0 Å². The summed E-state index contributed by atoms with van der Waals surface area (Å²) in [6.07, 6.45) is 1.64. The zero-order valence-electron chi connectivity index (χ0n) is 12.8. The van der Waals surface area contributed by atoms with Crippen molar-refractivity contribution in [1.82, 2.24) is 0 Å². The Bertz CT molecular complexity index is 662. The van der Waals surface area contributed by atoms with Crippen molar-refractivity contribution in [1.29, 1.82) is 0 Å². The van der Waals surface area contributed by atoms with E-state index in [9.17, 15) is 10.1 Å². The molecule has 0 heterocycles. The third-order valence-electron chi connectivity index (χ3n) is 3.42. The fourth-order valence-electron chi connectivity index (χ4n) is 2.21. The number of nitrogens with zero attached hydrogens (tertiary/aromatic N) is 3. The third-order valence-corrected chi connectivity index (χ3v) is 3.42. The molecule has 0 aliphatic rings. The van der Waals surface area contributed by atoms with E-state index in [2.05, 4.69) is 23.7 Å². The first-order valence-corrected chi connectivity index (χ1v) is 7.27. The number of hydrogen-bond donors (Lipinski definition) is 0. The minimum atomic E-state index is -0.407. The van der Waals surface area contributed by atoms with E-state index in [0.29, 0.717) is 5.56 Å². The van der Waals surface area contributed by atoms with Gasteiger partial charge in [0.15, 0.2) is 0 Å². The maximum atomic E-state index is 10.7. The van der Waals surface area contributed by atoms with Crippen LogP contribution in [0.4, 0.5) is 17.1 Å². The molecule has 2 aromatic rings. The van der Waals surface area contributed by atoms with Gasteiger partial charge in [0.05, 0.1) is 10.6 Å². The van der Waals surface area contributed by atoms with Gasteiger partial charge in [0, 0.05) is 37.1 Å². The lowest BCUT2D eigenvalue weighted by molar-refractivity contribution is -0.384. The highest BCUT2D eigenvalue weighted by Crippen LogP contribution is 2.20. The van der Waals surface area contributed by atoms with Crippen LogP contribution in [0.1, 0.15) is 19.4 Å². The summed E-state index contributed by atoms with van der Waals surface area (Å²) in [5, 5.41) is 10.7. The Morgan fingerprint density at radius 3 is 2.41 bits per heavy atom. The molecule has 0 unspecified atom stereocenters. The van der Waals surface area contributed by atoms with Crippen LogP contribution in [-0.4, -0.2) is 24.2 Å². The Hall–Kier alpha value is -2.69. The summed E-state index contributed by atoms with van der Waals surface area (Å²) in [4.78, 5) is 17.0. The van der Waals surface area contributed by atoms with Crippen molar-refractivity contribution < 1.29 is 4.92 Å². The zero-order chi connectivity index (χ0) is 15.9. The first-order chi connectivity index (χ1) is 10.6. The first-order valence-electron chi connectivity index (χ1n) is 7.27. The SMILES string of the molecule is CCN(CC)c1ccc(N=Cc2cccc([N+](=O)[O-])c2)cc1. The fourth-order valence-corrected chi connectivity index (χ4v) is 2.21. The van der Waals surface area contributed by atoms with Crippen LogP contribution in [0, 0.1) is 10.1 Å². The van der Waals surface area contributed by atoms with Crippen LogP contribution in [0.5, 0.6) is 0 Å². The van der Waals surface area contributed by atoms with Gasteiger partial charge in [0.2, 0.25) is 0 Å². The maximum absolute atomic E-state index is 10.7. The monoisotopic (exact) mass is 297 g/mol. The van der Waals surface area contributed by atoms with E-state index in [1.54, 1.807) is 18.3 Å². The Morgan fingerprint density at radius 1 is 1.14 bits per heavy atom. The highest BCUT2D eigenvalue weighted by Gasteiger charge is 2.04. The highest BCUT2D eigenvalue weighted by atomic mass is 16.6. The molecule has 0 radical (unpaired) electrons. The molecule has 0 atom stereocenters. The minimum Gasteiger partial charge on any atom is -0.372 e. The average Bonchev–Trinajstić information content (AvgIpc) is 2.55. The predicted molar refractivity (Wildman–Crippen MR) is 90.4 cm³/mol. The largest absolute Gasteiger partial charge is 0.372 e. The van der Waals surface area contributed by atoms with E-state index in [0.717, 1.165) is 18.8 Å². The maximum Gasteiger partial charge on any atom is 0.270 e. The highest BCUT2D eigenvalue weighted by molar-refractivity contribution is 5.83. The lowest BCUT2D eigenvalue weighted by Crippen LogP contribution is -2.21. The number of aliphatic imine (C=N–C) groups is 1. The van der Waals surface area contributed by atoms with E-state index in [1.807, 2.05) is 24.3 Å². The smallest absolute Gasteiger partial charge is 0.270 e. The molecule has 2 aromatic carbocycles. The topological polar surface area (TPSA) is 58.7 Å². The summed E-state index contributed by atoms with van der Waals surface area (Å²) in [5.41, 5.74) is 2.77. The quantitative estimate of drug-likeness (QED) is 0.456. The van der Waals surface area contributed by atoms with E-state index in [-0.39, 0.29) is 5.69 Å². The molecule has 0 bridgehead atoms. The second-order valence-corrected chi connectivity index (χ2v) is 4.80. The van der Waals surface area contributed by atoms with Crippen LogP contribution in [0.15, 0.2) is 53.5 Å². The molecule has 0 spiro atoms. The average molecular weight is 297 g/mol. The molecule has 0 saturated heterocycles. The van der Waals surface area contributed by atoms with Gasteiger partial charge < -0.3 is 4.90 Å². The predicted octanol–water partition coefficient (Wildman–Crippen LogP) is 4.19. The van der Waals surface area contributed by atoms with Gasteiger partial charge in [-0.05, 0) is 43.7 Å². The molecule has 0 fully saturated rings. The minimum absolute atomic E-state index is 0.0702. The summed E-state index contributed by atoms with van der Waals surface area (Å²) in [7, 11) is 0. The van der Waals surface area contributed by atoms with E-state index in [4.69, 9.17) is 0 Å². The standard InChI is InChI=1S/C17H19N3O2/c1-3-19(4-2)16-10-8-15(9-11-16)18-13-14-6-5-7-17(12-14)20(21)22/h5-13H,3-4H2,1-2H3. The van der Waals surface area contributed by atoms with Crippen molar-refractivity contribution in [2.24, 2.45) is 4.99 Å². The van der Waals surface area contributed by atoms with Crippen LogP contribution in [0.2, 0.25) is 0 Å². The molecule has 5 heteroatoms. The van der Waals surface area contributed by atoms with Gasteiger partial charge in [0.25, 0.3) is 5.69 Å². The number of nitro benzene ring substituents is 1. The Labute approximate surface area is 130 Å². The van der Waals surface area contributed by atoms with E-state index >= 15 is 0 Å². The molecule has 0 aromatic heterocycles. The fraction of sp³-hybridized carbons (Fsp3) is 0.235. The Kier molecular flexibility index (Phi) is 5.25. The van der Waals surface area contributed by atoms with E-state index in [1.165, 1.54) is 17.8 Å². The van der Waals surface area contributed by atoms with Crippen molar-refractivity contribution in [3.05, 3.63) is 64.2 Å². The molecule has 0 amide bonds. The van der Waals surface area contributed by atoms with E-state index < -0.39 is 4.92 Å². The second-order valence-electron chi connectivity index (χ2n) is 4.80. The summed E-state index contributed by atoms with van der Waals surface area (Å²) < 4.78 is 0. The number of non-ortho nitro benzene ring substituents is 1. The van der Waals surface area contributed by atoms with Gasteiger partial charge in [-0.3, -0.25) is 15.1 Å². The Morgan fingerprint density at radius 2 is 1.82 bits per heavy atom. The lowest BCUT2D eigenvalue weighted by Gasteiger charge is -2.20. The summed E-state index contributed by atoms with van der Waals surface area (Å²) in [5.74, 6) is 0. The van der Waals surface area contributed by atoms with Crippen LogP contribution in [-0.2, 0) is 0 Å². The van der Waals surface area contributed by atoms with Gasteiger partial charge in [-0.1, -0.05) is 12.1 Å². The van der Waals surface area contributed by atoms with Gasteiger partial charge in [-0.25, -0.2) is 0 Å². The van der Waals surface area contributed by atoms with Crippen molar-refractivity contribution in [3.63, 3.8) is 0 Å². The Balaban J connectivity index is 2.13. The molecule has 0 saturated carbocycles. The van der Waals surface area contributed by atoms with Crippen LogP contribution in [0.3, 0.4) is 0 Å². The summed E-state index contributed by atoms with van der Waals surface area (Å²) in [6.45, 7) is 6.18. The molecule has 5 nitrogen and oxygen atoms in total. The van der Waals surface area contributed by atoms with Crippen LogP contribution >= 0.6 is 0 Å². The molecular formula is C17H19N3O2. The van der Waals surface area contributed by atoms with Crippen molar-refractivity contribution in [2.75, 3.05) is 18.0 Å². The summed E-state index contributed by atoms with van der Waals surface area (Å²) in [6, 6.07) is 14.4. The molecule has 22 heavy (non-hydrogen) atoms. The zero-order valence-corrected chi connectivity index (χ0v) is 12.8. The third kappa shape index (κ3) is 3.91. The van der Waals surface area contributed by atoms with Crippen molar-refractivity contribution >= 4 is 23.3 Å². The van der Waals surface area contributed by atoms with Crippen molar-refractivity contribution in [3.8, 4) is 0 Å². The number of anilines is 1. The molecule has 2 rings (SSSR count). The number of hydrogen-bond acceptors (Lipinski definition) is 4. The van der Waals surface area contributed by atoms with Gasteiger partial charge in [-0.2, -0.15) is 0 Å². The van der Waals surface area contributed by atoms with Crippen LogP contribution < -0.4 is 4.90 Å². The van der Waals surface area contributed by atoms with Crippen LogP contribution in [0.25, 0.3) is 0 Å². The second kappa shape index (κ2) is 7.36.